The first-order valence-corrected chi connectivity index (χ1v) is 5.62. The lowest BCUT2D eigenvalue weighted by Gasteiger charge is -2.13. The molecule has 0 spiro atoms. The van der Waals surface area contributed by atoms with E-state index in [2.05, 4.69) is 22.9 Å². The maximum atomic E-state index is 5.98. The number of ether oxygens (including phenoxy) is 1. The smallest absolute Gasteiger partial charge is 0.0659 e. The highest BCUT2D eigenvalue weighted by Crippen LogP contribution is 2.21. The number of hydrogen-bond acceptors (Lipinski definition) is 2. The predicted octanol–water partition coefficient (Wildman–Crippen LogP) is 2.88. The third-order valence-corrected chi connectivity index (χ3v) is 2.67. The van der Waals surface area contributed by atoms with Crippen LogP contribution < -0.4 is 5.73 Å². The summed E-state index contributed by atoms with van der Waals surface area (Å²) in [5.41, 5.74) is 7.08. The fraction of sp³-hybridized carbons (Fsp3) is 0.455. The summed E-state index contributed by atoms with van der Waals surface area (Å²) in [5.74, 6) is 0. The fourth-order valence-electron chi connectivity index (χ4n) is 1.22. The van der Waals surface area contributed by atoms with Gasteiger partial charge in [-0.3, -0.25) is 0 Å². The van der Waals surface area contributed by atoms with Gasteiger partial charge in [-0.1, -0.05) is 41.1 Å². The summed E-state index contributed by atoms with van der Waals surface area (Å²) < 4.78 is 6.46. The highest BCUT2D eigenvalue weighted by molar-refractivity contribution is 9.10. The number of nitrogens with two attached hydrogens (primary N) is 1. The minimum absolute atomic E-state index is 0.0443. The highest BCUT2D eigenvalue weighted by Gasteiger charge is 2.08. The van der Waals surface area contributed by atoms with E-state index in [9.17, 15) is 0 Å². The molecule has 1 aromatic rings. The monoisotopic (exact) mass is 257 g/mol. The summed E-state index contributed by atoms with van der Waals surface area (Å²) in [6, 6.07) is 7.93. The van der Waals surface area contributed by atoms with Crippen LogP contribution >= 0.6 is 15.9 Å². The summed E-state index contributed by atoms with van der Waals surface area (Å²) in [5, 5.41) is 0. The van der Waals surface area contributed by atoms with Crippen LogP contribution in [0.25, 0.3) is 0 Å². The molecule has 0 bridgehead atoms. The van der Waals surface area contributed by atoms with Gasteiger partial charge in [-0.25, -0.2) is 0 Å². The van der Waals surface area contributed by atoms with E-state index in [1.807, 2.05) is 24.3 Å². The van der Waals surface area contributed by atoms with Crippen LogP contribution in [0, 0.1) is 0 Å². The summed E-state index contributed by atoms with van der Waals surface area (Å²) in [6.07, 6.45) is 1.03. The van der Waals surface area contributed by atoms with Crippen LogP contribution in [0.1, 0.15) is 24.9 Å². The van der Waals surface area contributed by atoms with Crippen LogP contribution in [0.2, 0.25) is 0 Å². The molecule has 3 heteroatoms. The molecule has 0 aliphatic rings. The average molecular weight is 258 g/mol. The molecule has 1 atom stereocenters. The Kier molecular flexibility index (Phi) is 5.15. The largest absolute Gasteiger partial charge is 0.379 e. The zero-order chi connectivity index (χ0) is 10.4. The third kappa shape index (κ3) is 3.40. The van der Waals surface area contributed by atoms with Gasteiger partial charge in [-0.05, 0) is 18.1 Å². The van der Waals surface area contributed by atoms with Gasteiger partial charge in [0.25, 0.3) is 0 Å². The van der Waals surface area contributed by atoms with Crippen molar-refractivity contribution >= 4 is 15.9 Å². The van der Waals surface area contributed by atoms with Gasteiger partial charge >= 0.3 is 0 Å². The van der Waals surface area contributed by atoms with Gasteiger partial charge in [0, 0.05) is 11.1 Å². The quantitative estimate of drug-likeness (QED) is 0.824. The van der Waals surface area contributed by atoms with E-state index >= 15 is 0 Å². The minimum atomic E-state index is -0.0443. The lowest BCUT2D eigenvalue weighted by atomic mass is 10.1. The SMILES string of the molecule is CCCOCC(N)c1ccccc1Br. The van der Waals surface area contributed by atoms with Crippen molar-refractivity contribution in [2.45, 2.75) is 19.4 Å². The maximum absolute atomic E-state index is 5.98. The van der Waals surface area contributed by atoms with Crippen LogP contribution in [0.4, 0.5) is 0 Å². The molecule has 2 N–H and O–H groups in total. The van der Waals surface area contributed by atoms with E-state index < -0.39 is 0 Å². The van der Waals surface area contributed by atoms with Crippen LogP contribution in [-0.2, 0) is 4.74 Å². The van der Waals surface area contributed by atoms with Crippen molar-refractivity contribution in [3.8, 4) is 0 Å². The van der Waals surface area contributed by atoms with Crippen molar-refractivity contribution in [1.82, 2.24) is 0 Å². The first-order chi connectivity index (χ1) is 6.75. The second-order valence-corrected chi connectivity index (χ2v) is 4.06. The van der Waals surface area contributed by atoms with Gasteiger partial charge in [0.2, 0.25) is 0 Å². The van der Waals surface area contributed by atoms with Gasteiger partial charge in [0.15, 0.2) is 0 Å². The maximum Gasteiger partial charge on any atom is 0.0659 e. The zero-order valence-corrected chi connectivity index (χ0v) is 9.96. The Labute approximate surface area is 93.6 Å². The second kappa shape index (κ2) is 6.17. The Morgan fingerprint density at radius 3 is 2.79 bits per heavy atom. The fourth-order valence-corrected chi connectivity index (χ4v) is 1.80. The molecule has 0 amide bonds. The molecule has 1 unspecified atom stereocenters. The molecule has 0 fully saturated rings. The first-order valence-electron chi connectivity index (χ1n) is 4.83. The standard InChI is InChI=1S/C11H16BrNO/c1-2-7-14-8-11(13)9-5-3-4-6-10(9)12/h3-6,11H,2,7-8,13H2,1H3. The Balaban J connectivity index is 2.51. The molecule has 1 aromatic carbocycles. The molecule has 0 aliphatic carbocycles. The first kappa shape index (κ1) is 11.7. The van der Waals surface area contributed by atoms with Crippen molar-refractivity contribution in [3.05, 3.63) is 34.3 Å². The average Bonchev–Trinajstić information content (AvgIpc) is 2.18. The van der Waals surface area contributed by atoms with E-state index in [-0.39, 0.29) is 6.04 Å². The second-order valence-electron chi connectivity index (χ2n) is 3.20. The minimum Gasteiger partial charge on any atom is -0.379 e. The van der Waals surface area contributed by atoms with Gasteiger partial charge in [0.05, 0.1) is 12.6 Å². The van der Waals surface area contributed by atoms with Crippen molar-refractivity contribution in [3.63, 3.8) is 0 Å². The highest BCUT2D eigenvalue weighted by atomic mass is 79.9. The van der Waals surface area contributed by atoms with E-state index in [0.717, 1.165) is 23.1 Å². The topological polar surface area (TPSA) is 35.2 Å². The van der Waals surface area contributed by atoms with Crippen molar-refractivity contribution in [2.24, 2.45) is 5.73 Å². The Morgan fingerprint density at radius 1 is 1.43 bits per heavy atom. The van der Waals surface area contributed by atoms with Crippen LogP contribution in [-0.4, -0.2) is 13.2 Å². The van der Waals surface area contributed by atoms with Gasteiger partial charge < -0.3 is 10.5 Å². The zero-order valence-electron chi connectivity index (χ0n) is 8.37. The van der Waals surface area contributed by atoms with Crippen LogP contribution in [0.15, 0.2) is 28.7 Å². The number of hydrogen-bond donors (Lipinski definition) is 1. The molecule has 1 rings (SSSR count). The number of halogens is 1. The number of benzene rings is 1. The molecule has 0 saturated heterocycles. The molecule has 14 heavy (non-hydrogen) atoms. The predicted molar refractivity (Wildman–Crippen MR) is 62.2 cm³/mol. The third-order valence-electron chi connectivity index (χ3n) is 1.95. The molecule has 0 aliphatic heterocycles. The summed E-state index contributed by atoms with van der Waals surface area (Å²) in [7, 11) is 0. The van der Waals surface area contributed by atoms with Crippen molar-refractivity contribution < 1.29 is 4.74 Å². The molecule has 0 saturated carbocycles. The van der Waals surface area contributed by atoms with E-state index in [1.165, 1.54) is 0 Å². The Bertz CT molecular complexity index is 278. The molecule has 0 radical (unpaired) electrons. The lowest BCUT2D eigenvalue weighted by molar-refractivity contribution is 0.121. The summed E-state index contributed by atoms with van der Waals surface area (Å²) in [6.45, 7) is 3.44. The van der Waals surface area contributed by atoms with Crippen molar-refractivity contribution in [1.29, 1.82) is 0 Å². The van der Waals surface area contributed by atoms with E-state index in [0.29, 0.717) is 6.61 Å². The van der Waals surface area contributed by atoms with Gasteiger partial charge in [0.1, 0.15) is 0 Å². The lowest BCUT2D eigenvalue weighted by Crippen LogP contribution is -2.17. The molecular weight excluding hydrogens is 242 g/mol. The van der Waals surface area contributed by atoms with Crippen LogP contribution in [0.3, 0.4) is 0 Å². The molecule has 0 heterocycles. The number of rotatable bonds is 5. The Hall–Kier alpha value is -0.380. The van der Waals surface area contributed by atoms with Crippen molar-refractivity contribution in [2.75, 3.05) is 13.2 Å². The summed E-state index contributed by atoms with van der Waals surface area (Å²) >= 11 is 3.47. The normalized spacial score (nSPS) is 12.8. The molecule has 0 aromatic heterocycles. The van der Waals surface area contributed by atoms with Crippen LogP contribution in [0.5, 0.6) is 0 Å². The van der Waals surface area contributed by atoms with E-state index in [1.54, 1.807) is 0 Å². The summed E-state index contributed by atoms with van der Waals surface area (Å²) in [4.78, 5) is 0. The molecule has 2 nitrogen and oxygen atoms in total. The van der Waals surface area contributed by atoms with Gasteiger partial charge in [-0.2, -0.15) is 0 Å². The van der Waals surface area contributed by atoms with Gasteiger partial charge in [-0.15, -0.1) is 0 Å². The van der Waals surface area contributed by atoms with E-state index in [4.69, 9.17) is 10.5 Å². The molecular formula is C11H16BrNO. The molecule has 78 valence electrons. The Morgan fingerprint density at radius 2 is 2.14 bits per heavy atom.